The Hall–Kier alpha value is -1.05. The molecular formula is C14H12Br2N2O2S. The number of hydrogen-bond donors (Lipinski definition) is 2. The molecule has 21 heavy (non-hydrogen) atoms. The lowest BCUT2D eigenvalue weighted by Gasteiger charge is -2.11. The number of nitrogens with one attached hydrogen (secondary N) is 2. The highest BCUT2D eigenvalue weighted by molar-refractivity contribution is 9.11. The third-order valence-electron chi connectivity index (χ3n) is 3.27. The summed E-state index contributed by atoms with van der Waals surface area (Å²) in [5.41, 5.74) is 2.54. The second-order valence-electron chi connectivity index (χ2n) is 4.73. The number of hydrogen-bond acceptors (Lipinski definition) is 3. The van der Waals surface area contributed by atoms with Gasteiger partial charge in [-0.15, -0.1) is 0 Å². The van der Waals surface area contributed by atoms with Gasteiger partial charge >= 0.3 is 0 Å². The topological polar surface area (TPSA) is 58.2 Å². The molecule has 0 atom stereocenters. The molecule has 2 aromatic carbocycles. The Morgan fingerprint density at radius 3 is 2.71 bits per heavy atom. The van der Waals surface area contributed by atoms with E-state index in [1.54, 1.807) is 24.3 Å². The maximum Gasteiger partial charge on any atom is 0.262 e. The van der Waals surface area contributed by atoms with Crippen molar-refractivity contribution in [3.8, 4) is 0 Å². The fourth-order valence-electron chi connectivity index (χ4n) is 2.22. The highest BCUT2D eigenvalue weighted by Gasteiger charge is 2.19. The van der Waals surface area contributed by atoms with Crippen LogP contribution in [0.2, 0.25) is 0 Å². The van der Waals surface area contributed by atoms with Crippen molar-refractivity contribution < 1.29 is 8.42 Å². The Morgan fingerprint density at radius 1 is 1.10 bits per heavy atom. The van der Waals surface area contributed by atoms with Crippen LogP contribution in [0.15, 0.2) is 50.2 Å². The number of sulfonamides is 1. The Balaban J connectivity index is 1.95. The average Bonchev–Trinajstić information content (AvgIpc) is 2.90. The lowest BCUT2D eigenvalue weighted by atomic mass is 10.2. The normalized spacial score (nSPS) is 13.6. The number of fused-ring (bicyclic) bond motifs is 1. The minimum Gasteiger partial charge on any atom is -0.384 e. The first-order valence-corrected chi connectivity index (χ1v) is 9.37. The van der Waals surface area contributed by atoms with E-state index in [4.69, 9.17) is 0 Å². The number of anilines is 2. The van der Waals surface area contributed by atoms with Crippen molar-refractivity contribution >= 4 is 53.3 Å². The zero-order valence-corrected chi connectivity index (χ0v) is 14.8. The van der Waals surface area contributed by atoms with E-state index in [0.717, 1.165) is 28.7 Å². The van der Waals surface area contributed by atoms with Gasteiger partial charge in [-0.1, -0.05) is 22.0 Å². The Morgan fingerprint density at radius 2 is 1.90 bits per heavy atom. The standard InChI is InChI=1S/C14H12Br2N2O2S/c15-10-2-4-12(16)14(7-10)18-21(19,20)11-3-1-9-5-6-17-13(9)8-11/h1-4,7-8,17-18H,5-6H2. The molecule has 2 aromatic rings. The van der Waals surface area contributed by atoms with Crippen LogP contribution in [0.4, 0.5) is 11.4 Å². The van der Waals surface area contributed by atoms with Crippen molar-refractivity contribution in [2.45, 2.75) is 11.3 Å². The predicted molar refractivity (Wildman–Crippen MR) is 91.3 cm³/mol. The van der Waals surface area contributed by atoms with Crippen molar-refractivity contribution in [2.75, 3.05) is 16.6 Å². The minimum atomic E-state index is -3.62. The Kier molecular flexibility index (Phi) is 3.98. The summed E-state index contributed by atoms with van der Waals surface area (Å²) >= 11 is 6.68. The van der Waals surface area contributed by atoms with Gasteiger partial charge in [-0.3, -0.25) is 4.72 Å². The van der Waals surface area contributed by atoms with E-state index in [9.17, 15) is 8.42 Å². The van der Waals surface area contributed by atoms with E-state index in [-0.39, 0.29) is 4.90 Å². The van der Waals surface area contributed by atoms with E-state index in [1.165, 1.54) is 0 Å². The van der Waals surface area contributed by atoms with Crippen molar-refractivity contribution in [1.82, 2.24) is 0 Å². The SMILES string of the molecule is O=S(=O)(Nc1cc(Br)ccc1Br)c1ccc2c(c1)NCC2. The third kappa shape index (κ3) is 3.09. The lowest BCUT2D eigenvalue weighted by molar-refractivity contribution is 0.601. The molecule has 0 fully saturated rings. The summed E-state index contributed by atoms with van der Waals surface area (Å²) < 4.78 is 29.1. The van der Waals surface area contributed by atoms with Crippen LogP contribution in [0.3, 0.4) is 0 Å². The fourth-order valence-corrected chi connectivity index (χ4v) is 4.15. The van der Waals surface area contributed by atoms with Crippen molar-refractivity contribution in [2.24, 2.45) is 0 Å². The first kappa shape index (κ1) is 14.9. The molecule has 0 radical (unpaired) electrons. The highest BCUT2D eigenvalue weighted by Crippen LogP contribution is 2.30. The maximum atomic E-state index is 12.5. The Labute approximate surface area is 140 Å². The molecule has 0 aromatic heterocycles. The quantitative estimate of drug-likeness (QED) is 0.772. The molecule has 0 amide bonds. The highest BCUT2D eigenvalue weighted by atomic mass is 79.9. The van der Waals surface area contributed by atoms with Crippen LogP contribution in [0.1, 0.15) is 5.56 Å². The van der Waals surface area contributed by atoms with E-state index >= 15 is 0 Å². The summed E-state index contributed by atoms with van der Waals surface area (Å²) in [7, 11) is -3.62. The summed E-state index contributed by atoms with van der Waals surface area (Å²) in [6, 6.07) is 10.5. The zero-order chi connectivity index (χ0) is 15.0. The van der Waals surface area contributed by atoms with Gasteiger partial charge in [-0.2, -0.15) is 0 Å². The van der Waals surface area contributed by atoms with Crippen molar-refractivity contribution in [1.29, 1.82) is 0 Å². The van der Waals surface area contributed by atoms with Gasteiger partial charge in [-0.05, 0) is 58.2 Å². The van der Waals surface area contributed by atoms with Crippen LogP contribution in [-0.2, 0) is 16.4 Å². The molecule has 0 spiro atoms. The molecule has 0 saturated carbocycles. The summed E-state index contributed by atoms with van der Waals surface area (Å²) in [6.45, 7) is 0.851. The number of halogens is 2. The molecule has 0 aliphatic carbocycles. The largest absolute Gasteiger partial charge is 0.384 e. The molecular weight excluding hydrogens is 420 g/mol. The van der Waals surface area contributed by atoms with Gasteiger partial charge in [0.2, 0.25) is 0 Å². The van der Waals surface area contributed by atoms with Crippen LogP contribution in [-0.4, -0.2) is 15.0 Å². The molecule has 7 heteroatoms. The monoisotopic (exact) mass is 430 g/mol. The molecule has 1 aliphatic rings. The summed E-state index contributed by atoms with van der Waals surface area (Å²) in [6.07, 6.45) is 0.931. The molecule has 1 aliphatic heterocycles. The van der Waals surface area contributed by atoms with Gasteiger partial charge in [0, 0.05) is 21.2 Å². The van der Waals surface area contributed by atoms with Gasteiger partial charge in [0.15, 0.2) is 0 Å². The summed E-state index contributed by atoms with van der Waals surface area (Å²) in [5, 5.41) is 3.19. The lowest BCUT2D eigenvalue weighted by Crippen LogP contribution is -2.13. The minimum absolute atomic E-state index is 0.252. The van der Waals surface area contributed by atoms with Crippen LogP contribution in [0, 0.1) is 0 Å². The van der Waals surface area contributed by atoms with E-state index in [2.05, 4.69) is 41.9 Å². The van der Waals surface area contributed by atoms with Crippen LogP contribution < -0.4 is 10.0 Å². The second-order valence-corrected chi connectivity index (χ2v) is 8.18. The zero-order valence-electron chi connectivity index (χ0n) is 10.9. The first-order chi connectivity index (χ1) is 9.95. The van der Waals surface area contributed by atoms with E-state index in [0.29, 0.717) is 10.2 Å². The van der Waals surface area contributed by atoms with Gasteiger partial charge in [-0.25, -0.2) is 8.42 Å². The third-order valence-corrected chi connectivity index (χ3v) is 5.82. The molecule has 0 saturated heterocycles. The molecule has 1 heterocycles. The predicted octanol–water partition coefficient (Wildman–Crippen LogP) is 3.98. The Bertz CT molecular complexity index is 807. The molecule has 4 nitrogen and oxygen atoms in total. The fraction of sp³-hybridized carbons (Fsp3) is 0.143. The van der Waals surface area contributed by atoms with Crippen LogP contribution >= 0.6 is 31.9 Å². The van der Waals surface area contributed by atoms with Gasteiger partial charge in [0.25, 0.3) is 10.0 Å². The van der Waals surface area contributed by atoms with Crippen LogP contribution in [0.25, 0.3) is 0 Å². The molecule has 110 valence electrons. The van der Waals surface area contributed by atoms with E-state index < -0.39 is 10.0 Å². The average molecular weight is 432 g/mol. The maximum absolute atomic E-state index is 12.5. The smallest absolute Gasteiger partial charge is 0.262 e. The van der Waals surface area contributed by atoms with E-state index in [1.807, 2.05) is 12.1 Å². The van der Waals surface area contributed by atoms with Crippen LogP contribution in [0.5, 0.6) is 0 Å². The molecule has 2 N–H and O–H groups in total. The van der Waals surface area contributed by atoms with Gasteiger partial charge < -0.3 is 5.32 Å². The molecule has 3 rings (SSSR count). The second kappa shape index (κ2) is 5.62. The van der Waals surface area contributed by atoms with Gasteiger partial charge in [0.05, 0.1) is 10.6 Å². The summed E-state index contributed by atoms with van der Waals surface area (Å²) in [5.74, 6) is 0. The van der Waals surface area contributed by atoms with Gasteiger partial charge in [0.1, 0.15) is 0 Å². The molecule has 0 bridgehead atoms. The summed E-state index contributed by atoms with van der Waals surface area (Å²) in [4.78, 5) is 0.252. The first-order valence-electron chi connectivity index (χ1n) is 6.30. The van der Waals surface area contributed by atoms with Crippen molar-refractivity contribution in [3.63, 3.8) is 0 Å². The number of rotatable bonds is 3. The number of benzene rings is 2. The van der Waals surface area contributed by atoms with Crippen molar-refractivity contribution in [3.05, 3.63) is 50.9 Å². The molecule has 0 unspecified atom stereocenters.